The Morgan fingerprint density at radius 1 is 0.788 bits per heavy atom. The molecule has 5 N–H and O–H groups in total. The summed E-state index contributed by atoms with van der Waals surface area (Å²) in [7, 11) is 0. The first-order valence-corrected chi connectivity index (χ1v) is 17.5. The average Bonchev–Trinajstić information content (AvgIpc) is 3.16. The molecule has 11 heteroatoms. The molecule has 0 fully saturated rings. The van der Waals surface area contributed by atoms with Crippen LogP contribution in [0.15, 0.2) is 97.3 Å². The van der Waals surface area contributed by atoms with Gasteiger partial charge in [0, 0.05) is 42.7 Å². The first kappa shape index (κ1) is 38.9. The van der Waals surface area contributed by atoms with Crippen molar-refractivity contribution in [2.45, 2.75) is 65.2 Å². The topological polar surface area (TPSA) is 165 Å². The molecule has 52 heavy (non-hydrogen) atoms. The van der Waals surface area contributed by atoms with Gasteiger partial charge < -0.3 is 26.6 Å². The largest absolute Gasteiger partial charge is 0.355 e. The molecule has 4 aromatic rings. The van der Waals surface area contributed by atoms with Crippen LogP contribution in [0.1, 0.15) is 78.1 Å². The average molecular weight is 702 g/mol. The zero-order valence-electron chi connectivity index (χ0n) is 30.3. The minimum Gasteiger partial charge on any atom is -0.355 e. The summed E-state index contributed by atoms with van der Waals surface area (Å²) >= 11 is 0. The van der Waals surface area contributed by atoms with Crippen molar-refractivity contribution in [1.29, 1.82) is 5.26 Å². The first-order valence-electron chi connectivity index (χ1n) is 17.5. The van der Waals surface area contributed by atoms with Crippen molar-refractivity contribution in [2.75, 3.05) is 13.1 Å². The van der Waals surface area contributed by atoms with E-state index < -0.39 is 29.9 Å². The number of benzene rings is 3. The molecule has 270 valence electrons. The number of nitrogens with one attached hydrogen (secondary N) is 5. The third-order valence-electron chi connectivity index (χ3n) is 8.67. The van der Waals surface area contributed by atoms with Gasteiger partial charge in [-0.25, -0.2) is 0 Å². The lowest BCUT2D eigenvalue weighted by molar-refractivity contribution is -0.130. The summed E-state index contributed by atoms with van der Waals surface area (Å²) in [5.74, 6) is -1.52. The van der Waals surface area contributed by atoms with Crippen LogP contribution >= 0.6 is 0 Å². The van der Waals surface area contributed by atoms with Gasteiger partial charge in [-0.05, 0) is 85.7 Å². The maximum Gasteiger partial charge on any atom is 0.251 e. The Morgan fingerprint density at radius 3 is 2.10 bits per heavy atom. The van der Waals surface area contributed by atoms with Crippen LogP contribution in [0.25, 0.3) is 11.1 Å². The molecule has 4 amide bonds. The number of likely N-dealkylation sites (N-methyl/N-ethyl adjacent to an activating group) is 1. The van der Waals surface area contributed by atoms with Crippen LogP contribution < -0.4 is 26.6 Å². The molecule has 4 rings (SSSR count). The summed E-state index contributed by atoms with van der Waals surface area (Å²) in [6.45, 7) is 9.81. The maximum absolute atomic E-state index is 14.1. The third kappa shape index (κ3) is 10.8. The van der Waals surface area contributed by atoms with Crippen LogP contribution in [-0.4, -0.2) is 59.8 Å². The molecular weight excluding hydrogens is 654 g/mol. The Bertz CT molecular complexity index is 1880. The van der Waals surface area contributed by atoms with E-state index in [0.717, 1.165) is 11.1 Å². The van der Waals surface area contributed by atoms with Gasteiger partial charge >= 0.3 is 0 Å². The predicted octanol–water partition coefficient (Wildman–Crippen LogP) is 4.71. The van der Waals surface area contributed by atoms with E-state index in [1.54, 1.807) is 61.8 Å². The van der Waals surface area contributed by atoms with Gasteiger partial charge in [0.1, 0.15) is 6.04 Å². The fourth-order valence-electron chi connectivity index (χ4n) is 5.72. The quantitative estimate of drug-likeness (QED) is 0.113. The van der Waals surface area contributed by atoms with Crippen molar-refractivity contribution in [3.63, 3.8) is 0 Å². The molecule has 0 bridgehead atoms. The fourth-order valence-corrected chi connectivity index (χ4v) is 5.72. The van der Waals surface area contributed by atoms with Gasteiger partial charge in [0.05, 0.1) is 23.7 Å². The second kappa shape index (κ2) is 18.9. The summed E-state index contributed by atoms with van der Waals surface area (Å²) < 4.78 is 0. The van der Waals surface area contributed by atoms with Crippen LogP contribution in [0.5, 0.6) is 0 Å². The lowest BCUT2D eigenvalue weighted by atomic mass is 9.95. The Kier molecular flexibility index (Phi) is 14.2. The molecule has 0 radical (unpaired) electrons. The number of rotatable bonds is 16. The van der Waals surface area contributed by atoms with Crippen LogP contribution in [-0.2, 0) is 16.0 Å². The maximum atomic E-state index is 14.1. The molecule has 0 spiro atoms. The highest BCUT2D eigenvalue weighted by Crippen LogP contribution is 2.26. The van der Waals surface area contributed by atoms with Gasteiger partial charge in [0.2, 0.25) is 11.8 Å². The number of carbonyl (C=O) groups excluding carboxylic acids is 4. The van der Waals surface area contributed by atoms with Gasteiger partial charge in [-0.2, -0.15) is 5.26 Å². The van der Waals surface area contributed by atoms with Gasteiger partial charge in [-0.1, -0.05) is 68.4 Å². The molecule has 0 aliphatic heterocycles. The molecule has 4 atom stereocenters. The van der Waals surface area contributed by atoms with E-state index in [4.69, 9.17) is 0 Å². The van der Waals surface area contributed by atoms with E-state index in [0.29, 0.717) is 29.7 Å². The standard InChI is InChI=1S/C41H47N7O4/c1-6-44-41(52)37(26(2)3)48-38(49)28(5)45-25-35(19-29-13-8-7-9-14-29)47-40(51)34-21-32(36-17-11-10-15-30(36)23-42)20-33(22-34)39(50)46-27(4)31-16-12-18-43-24-31/h7-18,20-22,24,26-28,35,37,45H,6,19,25H2,1-5H3,(H,44,52)(H,46,50)(H,47,51)(H,48,49)/t27?,28-,35-,37-/m0/s1. The fraction of sp³-hybridized carbons (Fsp3) is 0.317. The number of pyridine rings is 1. The van der Waals surface area contributed by atoms with Crippen molar-refractivity contribution in [1.82, 2.24) is 31.6 Å². The van der Waals surface area contributed by atoms with Crippen molar-refractivity contribution < 1.29 is 19.2 Å². The van der Waals surface area contributed by atoms with Crippen LogP contribution in [0.4, 0.5) is 0 Å². The highest BCUT2D eigenvalue weighted by Gasteiger charge is 2.27. The molecule has 0 saturated heterocycles. The summed E-state index contributed by atoms with van der Waals surface area (Å²) in [4.78, 5) is 57.6. The first-order chi connectivity index (χ1) is 25.0. The molecule has 0 saturated carbocycles. The SMILES string of the molecule is CCNC(=O)[C@@H](NC(=O)[C@H](C)NC[C@H](Cc1ccccc1)NC(=O)c1cc(C(=O)NC(C)c2cccnc2)cc(-c2ccccc2C#N)c1)C(C)C. The van der Waals surface area contributed by atoms with E-state index in [2.05, 4.69) is 37.6 Å². The van der Waals surface area contributed by atoms with Gasteiger partial charge in [-0.3, -0.25) is 24.2 Å². The second-order valence-corrected chi connectivity index (χ2v) is 13.1. The van der Waals surface area contributed by atoms with Crippen molar-refractivity contribution >= 4 is 23.6 Å². The molecule has 1 unspecified atom stereocenters. The van der Waals surface area contributed by atoms with Crippen LogP contribution in [0.2, 0.25) is 0 Å². The zero-order chi connectivity index (χ0) is 37.6. The number of aromatic nitrogens is 1. The number of hydrogen-bond acceptors (Lipinski definition) is 7. The molecule has 1 heterocycles. The Balaban J connectivity index is 1.60. The molecule has 1 aromatic heterocycles. The number of hydrogen-bond donors (Lipinski definition) is 5. The van der Waals surface area contributed by atoms with Crippen LogP contribution in [0.3, 0.4) is 0 Å². The minimum atomic E-state index is -0.686. The lowest BCUT2D eigenvalue weighted by Crippen LogP contribution is -2.55. The normalized spacial score (nSPS) is 13.2. The highest BCUT2D eigenvalue weighted by atomic mass is 16.2. The van der Waals surface area contributed by atoms with Gasteiger partial charge in [0.15, 0.2) is 0 Å². The summed E-state index contributed by atoms with van der Waals surface area (Å²) in [5, 5.41) is 24.8. The number of nitriles is 1. The van der Waals surface area contributed by atoms with Crippen molar-refractivity contribution in [2.24, 2.45) is 5.92 Å². The Labute approximate surface area is 305 Å². The second-order valence-electron chi connectivity index (χ2n) is 13.1. The monoisotopic (exact) mass is 701 g/mol. The van der Waals surface area contributed by atoms with Gasteiger partial charge in [-0.15, -0.1) is 0 Å². The Hall–Kier alpha value is -5.86. The molecule has 0 aliphatic carbocycles. The molecular formula is C41H47N7O4. The zero-order valence-corrected chi connectivity index (χ0v) is 30.3. The van der Waals surface area contributed by atoms with Gasteiger partial charge in [0.25, 0.3) is 11.8 Å². The van der Waals surface area contributed by atoms with E-state index in [1.807, 2.05) is 64.1 Å². The number of amides is 4. The van der Waals surface area contributed by atoms with E-state index in [9.17, 15) is 24.4 Å². The van der Waals surface area contributed by atoms with E-state index in [1.165, 1.54) is 6.07 Å². The summed E-state index contributed by atoms with van der Waals surface area (Å²) in [5.41, 5.74) is 3.81. The van der Waals surface area contributed by atoms with E-state index >= 15 is 0 Å². The Morgan fingerprint density at radius 2 is 1.46 bits per heavy atom. The summed E-state index contributed by atoms with van der Waals surface area (Å²) in [6.07, 6.45) is 3.79. The van der Waals surface area contributed by atoms with Crippen molar-refractivity contribution in [3.05, 3.63) is 125 Å². The summed E-state index contributed by atoms with van der Waals surface area (Å²) in [6, 6.07) is 25.2. The van der Waals surface area contributed by atoms with Crippen molar-refractivity contribution in [3.8, 4) is 17.2 Å². The third-order valence-corrected chi connectivity index (χ3v) is 8.67. The van der Waals surface area contributed by atoms with E-state index in [-0.39, 0.29) is 41.4 Å². The minimum absolute atomic E-state index is 0.116. The predicted molar refractivity (Wildman–Crippen MR) is 201 cm³/mol. The number of carbonyl (C=O) groups is 4. The highest BCUT2D eigenvalue weighted by molar-refractivity contribution is 6.02. The molecule has 0 aliphatic rings. The number of nitrogens with zero attached hydrogens (tertiary/aromatic N) is 2. The lowest BCUT2D eigenvalue weighted by Gasteiger charge is -2.25. The smallest absolute Gasteiger partial charge is 0.251 e. The molecule has 3 aromatic carbocycles. The van der Waals surface area contributed by atoms with Crippen LogP contribution in [0, 0.1) is 17.2 Å². The molecule has 11 nitrogen and oxygen atoms in total.